The molecule has 0 spiro atoms. The molecule has 0 saturated heterocycles. The number of aromatic nitrogens is 2. The first-order chi connectivity index (χ1) is 10.3. The molecule has 1 aliphatic carbocycles. The molecule has 0 atom stereocenters. The molecule has 1 aromatic heterocycles. The Bertz CT molecular complexity index is 425. The van der Waals surface area contributed by atoms with Crippen LogP contribution in [0.4, 0.5) is 5.82 Å². The first-order valence-corrected chi connectivity index (χ1v) is 7.65. The third-order valence-electron chi connectivity index (χ3n) is 3.18. The summed E-state index contributed by atoms with van der Waals surface area (Å²) >= 11 is 0. The summed E-state index contributed by atoms with van der Waals surface area (Å²) in [5.41, 5.74) is 0. The Balaban J connectivity index is 1.88. The first-order valence-electron chi connectivity index (χ1n) is 7.65. The average Bonchev–Trinajstić information content (AvgIpc) is 3.32. The lowest BCUT2D eigenvalue weighted by atomic mass is 10.3. The normalized spacial score (nSPS) is 14.2. The second-order valence-electron chi connectivity index (χ2n) is 5.04. The maximum absolute atomic E-state index is 5.61. The molecular formula is C15H25N3O3. The monoisotopic (exact) mass is 295 g/mol. The van der Waals surface area contributed by atoms with Crippen LogP contribution in [0.2, 0.25) is 0 Å². The average molecular weight is 295 g/mol. The molecule has 1 aromatic rings. The van der Waals surface area contributed by atoms with Gasteiger partial charge in [0.1, 0.15) is 18.2 Å². The molecule has 21 heavy (non-hydrogen) atoms. The van der Waals surface area contributed by atoms with Crippen molar-refractivity contribution >= 4 is 5.82 Å². The maximum atomic E-state index is 5.61. The minimum Gasteiger partial charge on any atom is -0.475 e. The van der Waals surface area contributed by atoms with E-state index in [0.29, 0.717) is 25.0 Å². The standard InChI is InChI=1S/C15H25N3O3/c1-3-20-8-4-7-16-13-11-14(21-10-9-19-2)18-15(17-13)12-5-6-12/h11-12H,3-10H2,1-2H3,(H,16,17,18). The highest BCUT2D eigenvalue weighted by Gasteiger charge is 2.27. The number of nitrogens with zero attached hydrogens (tertiary/aromatic N) is 2. The smallest absolute Gasteiger partial charge is 0.218 e. The van der Waals surface area contributed by atoms with E-state index in [2.05, 4.69) is 15.3 Å². The van der Waals surface area contributed by atoms with Crippen molar-refractivity contribution in [1.29, 1.82) is 0 Å². The van der Waals surface area contributed by atoms with Gasteiger partial charge in [0.15, 0.2) is 0 Å². The molecule has 1 N–H and O–H groups in total. The molecule has 0 unspecified atom stereocenters. The van der Waals surface area contributed by atoms with Crippen LogP contribution < -0.4 is 10.1 Å². The van der Waals surface area contributed by atoms with Crippen molar-refractivity contribution in [3.8, 4) is 5.88 Å². The van der Waals surface area contributed by atoms with Crippen LogP contribution in [0, 0.1) is 0 Å². The van der Waals surface area contributed by atoms with Gasteiger partial charge in [-0.3, -0.25) is 0 Å². The Hall–Kier alpha value is -1.40. The highest BCUT2D eigenvalue weighted by molar-refractivity contribution is 5.39. The number of ether oxygens (including phenoxy) is 3. The Kier molecular flexibility index (Phi) is 6.69. The SMILES string of the molecule is CCOCCCNc1cc(OCCOC)nc(C2CC2)n1. The highest BCUT2D eigenvalue weighted by Crippen LogP contribution is 2.39. The summed E-state index contributed by atoms with van der Waals surface area (Å²) in [5, 5.41) is 3.32. The van der Waals surface area contributed by atoms with Gasteiger partial charge in [-0.25, -0.2) is 4.98 Å². The zero-order valence-electron chi connectivity index (χ0n) is 12.9. The second-order valence-corrected chi connectivity index (χ2v) is 5.04. The lowest BCUT2D eigenvalue weighted by Crippen LogP contribution is -2.10. The fourth-order valence-corrected chi connectivity index (χ4v) is 1.90. The van der Waals surface area contributed by atoms with Crippen LogP contribution in [0.5, 0.6) is 5.88 Å². The fraction of sp³-hybridized carbons (Fsp3) is 0.733. The Morgan fingerprint density at radius 2 is 2.10 bits per heavy atom. The van der Waals surface area contributed by atoms with Crippen LogP contribution in [-0.2, 0) is 9.47 Å². The summed E-state index contributed by atoms with van der Waals surface area (Å²) in [6.45, 7) is 5.42. The van der Waals surface area contributed by atoms with E-state index in [1.807, 2.05) is 13.0 Å². The second kappa shape index (κ2) is 8.79. The summed E-state index contributed by atoms with van der Waals surface area (Å²) in [7, 11) is 1.66. The Labute approximate surface area is 126 Å². The topological polar surface area (TPSA) is 65.5 Å². The third kappa shape index (κ3) is 5.85. The number of nitrogens with one attached hydrogen (secondary N) is 1. The molecule has 0 aliphatic heterocycles. The van der Waals surface area contributed by atoms with Crippen molar-refractivity contribution < 1.29 is 14.2 Å². The summed E-state index contributed by atoms with van der Waals surface area (Å²) in [6.07, 6.45) is 3.30. The van der Waals surface area contributed by atoms with E-state index in [0.717, 1.165) is 37.8 Å². The van der Waals surface area contributed by atoms with Crippen molar-refractivity contribution in [3.63, 3.8) is 0 Å². The number of rotatable bonds is 11. The van der Waals surface area contributed by atoms with E-state index in [9.17, 15) is 0 Å². The molecule has 1 saturated carbocycles. The molecular weight excluding hydrogens is 270 g/mol. The van der Waals surface area contributed by atoms with E-state index in [-0.39, 0.29) is 0 Å². The first kappa shape index (κ1) is 16.0. The van der Waals surface area contributed by atoms with Crippen LogP contribution in [0.3, 0.4) is 0 Å². The zero-order chi connectivity index (χ0) is 14.9. The van der Waals surface area contributed by atoms with Crippen LogP contribution >= 0.6 is 0 Å². The fourth-order valence-electron chi connectivity index (χ4n) is 1.90. The van der Waals surface area contributed by atoms with E-state index in [1.54, 1.807) is 7.11 Å². The van der Waals surface area contributed by atoms with Gasteiger partial charge in [-0.2, -0.15) is 4.98 Å². The summed E-state index contributed by atoms with van der Waals surface area (Å²) in [5.74, 6) is 2.84. The summed E-state index contributed by atoms with van der Waals surface area (Å²) in [6, 6.07) is 1.85. The third-order valence-corrected chi connectivity index (χ3v) is 3.18. The largest absolute Gasteiger partial charge is 0.475 e. The zero-order valence-corrected chi connectivity index (χ0v) is 12.9. The Morgan fingerprint density at radius 1 is 1.24 bits per heavy atom. The lowest BCUT2D eigenvalue weighted by molar-refractivity contribution is 0.143. The summed E-state index contributed by atoms with van der Waals surface area (Å²) in [4.78, 5) is 9.04. The number of anilines is 1. The van der Waals surface area contributed by atoms with Gasteiger partial charge in [0.2, 0.25) is 5.88 Å². The molecule has 2 rings (SSSR count). The molecule has 0 bridgehead atoms. The van der Waals surface area contributed by atoms with Gasteiger partial charge in [-0.1, -0.05) is 0 Å². The van der Waals surface area contributed by atoms with E-state index < -0.39 is 0 Å². The molecule has 6 heteroatoms. The van der Waals surface area contributed by atoms with Gasteiger partial charge in [0.05, 0.1) is 6.61 Å². The van der Waals surface area contributed by atoms with Gasteiger partial charge in [-0.15, -0.1) is 0 Å². The molecule has 0 radical (unpaired) electrons. The minimum absolute atomic E-state index is 0.500. The van der Waals surface area contributed by atoms with Crippen molar-refractivity contribution in [2.75, 3.05) is 45.4 Å². The maximum Gasteiger partial charge on any atom is 0.218 e. The van der Waals surface area contributed by atoms with Gasteiger partial charge in [0.25, 0.3) is 0 Å². The lowest BCUT2D eigenvalue weighted by Gasteiger charge is -2.10. The van der Waals surface area contributed by atoms with Gasteiger partial charge in [-0.05, 0) is 26.2 Å². The van der Waals surface area contributed by atoms with E-state index in [1.165, 1.54) is 12.8 Å². The predicted molar refractivity (Wildman–Crippen MR) is 81.0 cm³/mol. The molecule has 1 heterocycles. The predicted octanol–water partition coefficient (Wildman–Crippen LogP) is 2.22. The molecule has 6 nitrogen and oxygen atoms in total. The van der Waals surface area contributed by atoms with Crippen LogP contribution in [0.1, 0.15) is 37.9 Å². The van der Waals surface area contributed by atoms with E-state index >= 15 is 0 Å². The van der Waals surface area contributed by atoms with Crippen molar-refractivity contribution in [1.82, 2.24) is 9.97 Å². The van der Waals surface area contributed by atoms with Crippen molar-refractivity contribution in [3.05, 3.63) is 11.9 Å². The van der Waals surface area contributed by atoms with E-state index in [4.69, 9.17) is 14.2 Å². The number of hydrogen-bond acceptors (Lipinski definition) is 6. The molecule has 0 amide bonds. The van der Waals surface area contributed by atoms with Crippen LogP contribution in [0.15, 0.2) is 6.07 Å². The van der Waals surface area contributed by atoms with Crippen molar-refractivity contribution in [2.24, 2.45) is 0 Å². The van der Waals surface area contributed by atoms with Gasteiger partial charge >= 0.3 is 0 Å². The summed E-state index contributed by atoms with van der Waals surface area (Å²) < 4.78 is 15.9. The molecule has 1 fully saturated rings. The quantitative estimate of drug-likeness (QED) is 0.631. The van der Waals surface area contributed by atoms with Crippen LogP contribution in [0.25, 0.3) is 0 Å². The number of methoxy groups -OCH3 is 1. The molecule has 1 aliphatic rings. The van der Waals surface area contributed by atoms with Gasteiger partial charge < -0.3 is 19.5 Å². The van der Waals surface area contributed by atoms with Crippen molar-refractivity contribution in [2.45, 2.75) is 32.1 Å². The minimum atomic E-state index is 0.500. The molecule has 0 aromatic carbocycles. The Morgan fingerprint density at radius 3 is 2.81 bits per heavy atom. The van der Waals surface area contributed by atoms with Crippen LogP contribution in [-0.4, -0.2) is 50.1 Å². The number of hydrogen-bond donors (Lipinski definition) is 1. The highest BCUT2D eigenvalue weighted by atomic mass is 16.5. The van der Waals surface area contributed by atoms with Gasteiger partial charge in [0, 0.05) is 38.9 Å². The molecule has 118 valence electrons.